The van der Waals surface area contributed by atoms with Crippen LogP contribution in [0.2, 0.25) is 0 Å². The Morgan fingerprint density at radius 3 is 2.33 bits per heavy atom. The second-order valence-corrected chi connectivity index (χ2v) is 5.27. The highest BCUT2D eigenvalue weighted by Crippen LogP contribution is 2.34. The number of amides is 2. The lowest BCUT2D eigenvalue weighted by Crippen LogP contribution is -2.29. The minimum absolute atomic E-state index is 0.153. The van der Waals surface area contributed by atoms with E-state index in [0.717, 1.165) is 17.2 Å². The first-order valence-corrected chi connectivity index (χ1v) is 7.25. The highest BCUT2D eigenvalue weighted by molar-refractivity contribution is 5.90. The summed E-state index contributed by atoms with van der Waals surface area (Å²) in [5.41, 5.74) is 0.300. The molecule has 0 aliphatic rings. The maximum absolute atomic E-state index is 12.9. The summed E-state index contributed by atoms with van der Waals surface area (Å²) >= 11 is 0. The molecule has 0 aliphatic carbocycles. The lowest BCUT2D eigenvalue weighted by atomic mass is 10.1. The number of carbonyl (C=O) groups excluding carboxylic acids is 1. The number of rotatable bonds is 4. The molecule has 4 nitrogen and oxygen atoms in total. The van der Waals surface area contributed by atoms with Crippen LogP contribution in [0.25, 0.3) is 0 Å². The lowest BCUT2D eigenvalue weighted by Gasteiger charge is -2.14. The van der Waals surface area contributed by atoms with Crippen LogP contribution in [-0.4, -0.2) is 11.1 Å². The van der Waals surface area contributed by atoms with Gasteiger partial charge < -0.3 is 15.7 Å². The summed E-state index contributed by atoms with van der Waals surface area (Å²) in [4.78, 5) is 11.8. The number of para-hydroxylation sites is 1. The van der Waals surface area contributed by atoms with E-state index in [1.807, 2.05) is 0 Å². The van der Waals surface area contributed by atoms with Gasteiger partial charge in [0.2, 0.25) is 0 Å². The molecule has 7 heteroatoms. The second-order valence-electron chi connectivity index (χ2n) is 5.27. The smallest absolute Gasteiger partial charge is 0.389 e. The maximum Gasteiger partial charge on any atom is 0.418 e. The van der Waals surface area contributed by atoms with E-state index in [-0.39, 0.29) is 12.2 Å². The molecule has 0 saturated carbocycles. The van der Waals surface area contributed by atoms with Crippen molar-refractivity contribution in [3.63, 3.8) is 0 Å². The Morgan fingerprint density at radius 2 is 1.75 bits per heavy atom. The van der Waals surface area contributed by atoms with Crippen LogP contribution in [0.1, 0.15) is 29.7 Å². The molecule has 0 saturated heterocycles. The van der Waals surface area contributed by atoms with Crippen LogP contribution in [0.3, 0.4) is 0 Å². The van der Waals surface area contributed by atoms with Gasteiger partial charge >= 0.3 is 12.2 Å². The van der Waals surface area contributed by atoms with Gasteiger partial charge in [-0.05, 0) is 30.2 Å². The van der Waals surface area contributed by atoms with Crippen molar-refractivity contribution >= 4 is 11.7 Å². The molecule has 0 bridgehead atoms. The topological polar surface area (TPSA) is 61.4 Å². The van der Waals surface area contributed by atoms with Crippen LogP contribution < -0.4 is 10.6 Å². The number of carbonyl (C=O) groups is 1. The van der Waals surface area contributed by atoms with Crippen molar-refractivity contribution in [1.29, 1.82) is 0 Å². The van der Waals surface area contributed by atoms with E-state index in [0.29, 0.717) is 0 Å². The van der Waals surface area contributed by atoms with E-state index >= 15 is 0 Å². The van der Waals surface area contributed by atoms with E-state index in [9.17, 15) is 23.1 Å². The molecule has 3 N–H and O–H groups in total. The van der Waals surface area contributed by atoms with Gasteiger partial charge in [-0.15, -0.1) is 0 Å². The summed E-state index contributed by atoms with van der Waals surface area (Å²) in [6, 6.07) is 10.9. The highest BCUT2D eigenvalue weighted by atomic mass is 19.4. The summed E-state index contributed by atoms with van der Waals surface area (Å²) in [6.07, 6.45) is -5.13. The number of hydrogen-bond acceptors (Lipinski definition) is 2. The van der Waals surface area contributed by atoms with Crippen molar-refractivity contribution in [2.24, 2.45) is 0 Å². The van der Waals surface area contributed by atoms with Gasteiger partial charge in [0.1, 0.15) is 0 Å². The summed E-state index contributed by atoms with van der Waals surface area (Å²) in [5.74, 6) is 0. The number of urea groups is 1. The van der Waals surface area contributed by atoms with Crippen molar-refractivity contribution in [1.82, 2.24) is 5.32 Å². The van der Waals surface area contributed by atoms with Gasteiger partial charge in [-0.2, -0.15) is 13.2 Å². The van der Waals surface area contributed by atoms with Crippen molar-refractivity contribution in [3.05, 3.63) is 65.2 Å². The quantitative estimate of drug-likeness (QED) is 0.787. The monoisotopic (exact) mass is 338 g/mol. The molecule has 0 aliphatic heterocycles. The van der Waals surface area contributed by atoms with Crippen molar-refractivity contribution < 1.29 is 23.1 Å². The molecular weight excluding hydrogens is 321 g/mol. The summed E-state index contributed by atoms with van der Waals surface area (Å²) in [7, 11) is 0. The number of halogens is 3. The zero-order chi connectivity index (χ0) is 17.7. The van der Waals surface area contributed by atoms with Crippen LogP contribution in [0, 0.1) is 0 Å². The van der Waals surface area contributed by atoms with E-state index in [1.165, 1.54) is 18.2 Å². The number of benzene rings is 2. The molecule has 1 atom stereocenters. The van der Waals surface area contributed by atoms with Gasteiger partial charge in [-0.1, -0.05) is 36.4 Å². The lowest BCUT2D eigenvalue weighted by molar-refractivity contribution is -0.136. The molecule has 128 valence electrons. The van der Waals surface area contributed by atoms with Gasteiger partial charge in [0.15, 0.2) is 0 Å². The third-order valence-corrected chi connectivity index (χ3v) is 3.40. The maximum atomic E-state index is 12.9. The molecule has 2 aromatic carbocycles. The fraction of sp³-hybridized carbons (Fsp3) is 0.235. The Labute approximate surface area is 137 Å². The van der Waals surface area contributed by atoms with Crippen molar-refractivity contribution in [2.75, 3.05) is 5.32 Å². The number of nitrogens with one attached hydrogen (secondary N) is 2. The Kier molecular flexibility index (Phi) is 5.46. The predicted octanol–water partition coefficient (Wildman–Crippen LogP) is 4.08. The predicted molar refractivity (Wildman–Crippen MR) is 84.4 cm³/mol. The zero-order valence-electron chi connectivity index (χ0n) is 12.9. The third kappa shape index (κ3) is 4.73. The Morgan fingerprint density at radius 1 is 1.12 bits per heavy atom. The van der Waals surface area contributed by atoms with E-state index < -0.39 is 23.9 Å². The Balaban J connectivity index is 1.97. The fourth-order valence-electron chi connectivity index (χ4n) is 2.10. The van der Waals surface area contributed by atoms with Gasteiger partial charge in [0.25, 0.3) is 0 Å². The minimum atomic E-state index is -4.54. The standard InChI is InChI=1S/C17H17F3N2O2/c1-11(23)13-8-6-12(7-9-13)10-21-16(24)22-15-5-3-2-4-14(15)17(18,19)20/h2-9,11,23H,10H2,1H3,(H2,21,22,24)/t11-/m0/s1. The number of anilines is 1. The number of aliphatic hydroxyl groups is 1. The number of aliphatic hydroxyl groups excluding tert-OH is 1. The molecule has 0 heterocycles. The molecule has 2 amide bonds. The normalized spacial score (nSPS) is 12.5. The number of alkyl halides is 3. The molecule has 2 rings (SSSR count). The number of hydrogen-bond donors (Lipinski definition) is 3. The average Bonchev–Trinajstić information content (AvgIpc) is 2.53. The second kappa shape index (κ2) is 7.35. The Bertz CT molecular complexity index is 698. The van der Waals surface area contributed by atoms with Crippen LogP contribution in [0.4, 0.5) is 23.7 Å². The molecule has 0 spiro atoms. The SMILES string of the molecule is C[C@H](O)c1ccc(CNC(=O)Nc2ccccc2C(F)(F)F)cc1. The first-order valence-electron chi connectivity index (χ1n) is 7.25. The average molecular weight is 338 g/mol. The summed E-state index contributed by atoms with van der Waals surface area (Å²) in [6.45, 7) is 1.79. The van der Waals surface area contributed by atoms with Crippen LogP contribution >= 0.6 is 0 Å². The first-order chi connectivity index (χ1) is 11.3. The van der Waals surface area contributed by atoms with Crippen molar-refractivity contribution in [2.45, 2.75) is 25.7 Å². The highest BCUT2D eigenvalue weighted by Gasteiger charge is 2.33. The molecule has 2 aromatic rings. The fourth-order valence-corrected chi connectivity index (χ4v) is 2.10. The molecule has 0 fully saturated rings. The van der Waals surface area contributed by atoms with Crippen molar-refractivity contribution in [3.8, 4) is 0 Å². The first kappa shape index (κ1) is 17.8. The molecule has 0 unspecified atom stereocenters. The third-order valence-electron chi connectivity index (χ3n) is 3.40. The van der Waals surface area contributed by atoms with Gasteiger partial charge in [-0.25, -0.2) is 4.79 Å². The van der Waals surface area contributed by atoms with Crippen LogP contribution in [0.5, 0.6) is 0 Å². The van der Waals surface area contributed by atoms with E-state index in [1.54, 1.807) is 31.2 Å². The zero-order valence-corrected chi connectivity index (χ0v) is 12.9. The minimum Gasteiger partial charge on any atom is -0.389 e. The van der Waals surface area contributed by atoms with Crippen LogP contribution in [-0.2, 0) is 12.7 Å². The Hall–Kier alpha value is -2.54. The van der Waals surface area contributed by atoms with E-state index in [4.69, 9.17) is 0 Å². The van der Waals surface area contributed by atoms with Gasteiger partial charge in [-0.3, -0.25) is 0 Å². The van der Waals surface area contributed by atoms with Gasteiger partial charge in [0, 0.05) is 6.54 Å². The largest absolute Gasteiger partial charge is 0.418 e. The molecule has 0 radical (unpaired) electrons. The summed E-state index contributed by atoms with van der Waals surface area (Å²) in [5, 5.41) is 14.1. The summed E-state index contributed by atoms with van der Waals surface area (Å²) < 4.78 is 38.6. The van der Waals surface area contributed by atoms with E-state index in [2.05, 4.69) is 10.6 Å². The van der Waals surface area contributed by atoms with Gasteiger partial charge in [0.05, 0.1) is 17.4 Å². The molecular formula is C17H17F3N2O2. The molecule has 24 heavy (non-hydrogen) atoms. The molecule has 0 aromatic heterocycles. The van der Waals surface area contributed by atoms with Crippen LogP contribution in [0.15, 0.2) is 48.5 Å².